The fourth-order valence-corrected chi connectivity index (χ4v) is 0.793. The zero-order valence-corrected chi connectivity index (χ0v) is 6.19. The van der Waals surface area contributed by atoms with Crippen molar-refractivity contribution in [3.05, 3.63) is 35.9 Å². The topological polar surface area (TPSA) is 41.8 Å². The maximum Gasteiger partial charge on any atom is 0.0878 e. The van der Waals surface area contributed by atoms with Crippen LogP contribution in [0.5, 0.6) is 0 Å². The predicted octanol–water partition coefficient (Wildman–Crippen LogP) is 1.90. The molecule has 11 heavy (non-hydrogen) atoms. The van der Waals surface area contributed by atoms with E-state index in [0.717, 1.165) is 5.56 Å². The van der Waals surface area contributed by atoms with Crippen LogP contribution in [0.2, 0.25) is 0 Å². The molecule has 0 heterocycles. The fraction of sp³-hybridized carbons (Fsp3) is 0.125. The average Bonchev–Trinajstić information content (AvgIpc) is 2.07. The summed E-state index contributed by atoms with van der Waals surface area (Å²) in [6.07, 6.45) is 0. The van der Waals surface area contributed by atoms with E-state index in [1.807, 2.05) is 30.3 Å². The van der Waals surface area contributed by atoms with E-state index in [9.17, 15) is 0 Å². The SMILES string of the molecule is CC(=NOO)c1ccccc1. The summed E-state index contributed by atoms with van der Waals surface area (Å²) in [6.45, 7) is 1.76. The lowest BCUT2D eigenvalue weighted by atomic mass is 10.1. The van der Waals surface area contributed by atoms with E-state index >= 15 is 0 Å². The minimum atomic E-state index is 0.646. The van der Waals surface area contributed by atoms with Crippen molar-refractivity contribution < 1.29 is 10.2 Å². The molecule has 0 unspecified atom stereocenters. The number of rotatable bonds is 2. The summed E-state index contributed by atoms with van der Waals surface area (Å²) in [5.74, 6) is 0. The van der Waals surface area contributed by atoms with Gasteiger partial charge in [-0.1, -0.05) is 30.3 Å². The summed E-state index contributed by atoms with van der Waals surface area (Å²) in [6, 6.07) is 9.48. The molecule has 0 aliphatic carbocycles. The van der Waals surface area contributed by atoms with Crippen LogP contribution in [0, 0.1) is 0 Å². The molecule has 58 valence electrons. The molecule has 0 fully saturated rings. The number of benzene rings is 1. The predicted molar refractivity (Wildman–Crippen MR) is 42.4 cm³/mol. The molecule has 0 aliphatic heterocycles. The normalized spacial score (nSPS) is 11.3. The van der Waals surface area contributed by atoms with E-state index in [0.29, 0.717) is 5.71 Å². The van der Waals surface area contributed by atoms with Crippen LogP contribution in [0.25, 0.3) is 0 Å². The third-order valence-corrected chi connectivity index (χ3v) is 1.37. The summed E-state index contributed by atoms with van der Waals surface area (Å²) >= 11 is 0. The first-order valence-electron chi connectivity index (χ1n) is 3.25. The quantitative estimate of drug-likeness (QED) is 0.398. The molecular formula is C8H9NO2. The van der Waals surface area contributed by atoms with Gasteiger partial charge in [0, 0.05) is 0 Å². The van der Waals surface area contributed by atoms with E-state index in [4.69, 9.17) is 5.26 Å². The van der Waals surface area contributed by atoms with E-state index in [-0.39, 0.29) is 0 Å². The molecule has 0 saturated carbocycles. The van der Waals surface area contributed by atoms with Gasteiger partial charge in [0.1, 0.15) is 0 Å². The Hall–Kier alpha value is -1.35. The lowest BCUT2D eigenvalue weighted by molar-refractivity contribution is -0.242. The fourth-order valence-electron chi connectivity index (χ4n) is 0.793. The molecule has 0 atom stereocenters. The van der Waals surface area contributed by atoms with E-state index in [1.54, 1.807) is 6.92 Å². The molecular weight excluding hydrogens is 142 g/mol. The smallest absolute Gasteiger partial charge is 0.0878 e. The molecule has 3 heteroatoms. The van der Waals surface area contributed by atoms with Crippen LogP contribution >= 0.6 is 0 Å². The molecule has 0 radical (unpaired) electrons. The summed E-state index contributed by atoms with van der Waals surface area (Å²) in [7, 11) is 0. The highest BCUT2D eigenvalue weighted by Gasteiger charge is 1.94. The molecule has 1 rings (SSSR count). The van der Waals surface area contributed by atoms with Gasteiger partial charge in [-0.15, -0.1) is 0 Å². The lowest BCUT2D eigenvalue weighted by Gasteiger charge is -1.95. The second-order valence-electron chi connectivity index (χ2n) is 2.12. The zero-order chi connectivity index (χ0) is 8.10. The number of hydrogen-bond donors (Lipinski definition) is 1. The van der Waals surface area contributed by atoms with Crippen LogP contribution in [0.15, 0.2) is 35.5 Å². The average molecular weight is 151 g/mol. The van der Waals surface area contributed by atoms with Crippen LogP contribution in [-0.4, -0.2) is 11.0 Å². The monoisotopic (exact) mass is 151 g/mol. The Kier molecular flexibility index (Phi) is 2.63. The van der Waals surface area contributed by atoms with E-state index < -0.39 is 0 Å². The molecule has 0 spiro atoms. The first kappa shape index (κ1) is 7.75. The van der Waals surface area contributed by atoms with Crippen molar-refractivity contribution in [3.8, 4) is 0 Å². The zero-order valence-electron chi connectivity index (χ0n) is 6.19. The van der Waals surface area contributed by atoms with Crippen LogP contribution in [-0.2, 0) is 4.99 Å². The Bertz CT molecular complexity index is 244. The molecule has 1 aromatic rings. The van der Waals surface area contributed by atoms with Crippen LogP contribution < -0.4 is 0 Å². The third kappa shape index (κ3) is 2.05. The molecule has 0 aliphatic rings. The summed E-state index contributed by atoms with van der Waals surface area (Å²) in [5, 5.41) is 11.4. The van der Waals surface area contributed by atoms with Crippen molar-refractivity contribution in [2.24, 2.45) is 5.16 Å². The van der Waals surface area contributed by atoms with Gasteiger partial charge in [-0.25, -0.2) is 4.99 Å². The van der Waals surface area contributed by atoms with Crippen molar-refractivity contribution in [1.82, 2.24) is 0 Å². The van der Waals surface area contributed by atoms with E-state index in [2.05, 4.69) is 10.1 Å². The number of oxime groups is 1. The lowest BCUT2D eigenvalue weighted by Crippen LogP contribution is -1.93. The van der Waals surface area contributed by atoms with Gasteiger partial charge in [0.2, 0.25) is 0 Å². The Labute approximate surface area is 64.8 Å². The highest BCUT2D eigenvalue weighted by Crippen LogP contribution is 2.00. The summed E-state index contributed by atoms with van der Waals surface area (Å²) in [5.41, 5.74) is 1.58. The second kappa shape index (κ2) is 3.73. The number of nitrogens with zero attached hydrogens (tertiary/aromatic N) is 1. The molecule has 0 saturated heterocycles. The second-order valence-corrected chi connectivity index (χ2v) is 2.12. The molecule has 1 aromatic carbocycles. The maximum atomic E-state index is 8.01. The van der Waals surface area contributed by atoms with Crippen LogP contribution in [0.4, 0.5) is 0 Å². The minimum Gasteiger partial charge on any atom is -0.223 e. The largest absolute Gasteiger partial charge is 0.223 e. The Morgan fingerprint density at radius 1 is 1.36 bits per heavy atom. The molecule has 1 N–H and O–H groups in total. The Morgan fingerprint density at radius 3 is 2.55 bits per heavy atom. The standard InChI is InChI=1S/C8H9NO2/c1-7(9-11-10)8-5-3-2-4-6-8/h2-6,10H,1H3. The van der Waals surface area contributed by atoms with Gasteiger partial charge in [-0.3, -0.25) is 0 Å². The van der Waals surface area contributed by atoms with Crippen molar-refractivity contribution in [1.29, 1.82) is 0 Å². The van der Waals surface area contributed by atoms with Gasteiger partial charge in [-0.2, -0.15) is 5.26 Å². The van der Waals surface area contributed by atoms with Crippen LogP contribution in [0.1, 0.15) is 12.5 Å². The van der Waals surface area contributed by atoms with Gasteiger partial charge in [0.05, 0.1) is 5.71 Å². The number of hydrogen-bond acceptors (Lipinski definition) is 3. The molecule has 0 amide bonds. The summed E-state index contributed by atoms with van der Waals surface area (Å²) < 4.78 is 0. The highest BCUT2D eigenvalue weighted by molar-refractivity contribution is 5.98. The maximum absolute atomic E-state index is 8.01. The van der Waals surface area contributed by atoms with Crippen molar-refractivity contribution in [3.63, 3.8) is 0 Å². The Morgan fingerprint density at radius 2 is 2.00 bits per heavy atom. The van der Waals surface area contributed by atoms with Gasteiger partial charge in [0.15, 0.2) is 0 Å². The summed E-state index contributed by atoms with van der Waals surface area (Å²) in [4.78, 5) is 3.65. The highest BCUT2D eigenvalue weighted by atomic mass is 17.2. The van der Waals surface area contributed by atoms with Crippen LogP contribution in [0.3, 0.4) is 0 Å². The van der Waals surface area contributed by atoms with Crippen molar-refractivity contribution in [2.75, 3.05) is 0 Å². The van der Waals surface area contributed by atoms with Gasteiger partial charge < -0.3 is 0 Å². The molecule has 0 aromatic heterocycles. The first-order chi connectivity index (χ1) is 5.34. The minimum absolute atomic E-state index is 0.646. The van der Waals surface area contributed by atoms with E-state index in [1.165, 1.54) is 0 Å². The molecule has 0 bridgehead atoms. The Balaban J connectivity index is 2.85. The third-order valence-electron chi connectivity index (χ3n) is 1.37. The van der Waals surface area contributed by atoms with Gasteiger partial charge in [0.25, 0.3) is 0 Å². The van der Waals surface area contributed by atoms with Crippen molar-refractivity contribution in [2.45, 2.75) is 6.92 Å². The van der Waals surface area contributed by atoms with Crippen molar-refractivity contribution >= 4 is 5.71 Å². The van der Waals surface area contributed by atoms with Gasteiger partial charge >= 0.3 is 0 Å². The van der Waals surface area contributed by atoms with Gasteiger partial charge in [-0.05, 0) is 17.6 Å². The molecule has 3 nitrogen and oxygen atoms in total. The first-order valence-corrected chi connectivity index (χ1v) is 3.25.